The van der Waals surface area contributed by atoms with Crippen LogP contribution in [0, 0.1) is 0 Å². The zero-order valence-corrected chi connectivity index (χ0v) is 27.7. The summed E-state index contributed by atoms with van der Waals surface area (Å²) in [6.07, 6.45) is 42.7. The van der Waals surface area contributed by atoms with Crippen molar-refractivity contribution in [2.45, 2.75) is 155 Å². The van der Waals surface area contributed by atoms with E-state index in [1.165, 1.54) is 51.4 Å². The van der Waals surface area contributed by atoms with Crippen LogP contribution in [-0.2, 0) is 19.1 Å². The molecular weight excluding hydrogens is 536 g/mol. The first-order chi connectivity index (χ1) is 21.1. The number of hydrogen-bond acceptors (Lipinski definition) is 5. The molecule has 246 valence electrons. The van der Waals surface area contributed by atoms with Crippen molar-refractivity contribution in [1.82, 2.24) is 0 Å². The number of allylic oxidation sites excluding steroid dienone is 10. The van der Waals surface area contributed by atoms with Crippen molar-refractivity contribution in [3.05, 3.63) is 60.8 Å². The minimum absolute atomic E-state index is 0.0893. The number of carbonyl (C=O) groups excluding carboxylic acids is 2. The largest absolute Gasteiger partial charge is 0.462 e. The van der Waals surface area contributed by atoms with Gasteiger partial charge in [-0.05, 0) is 77.0 Å². The lowest BCUT2D eigenvalue weighted by Crippen LogP contribution is -2.28. The lowest BCUT2D eigenvalue weighted by Gasteiger charge is -2.15. The third kappa shape index (κ3) is 32.4. The van der Waals surface area contributed by atoms with Gasteiger partial charge >= 0.3 is 11.9 Å². The summed E-state index contributed by atoms with van der Waals surface area (Å²) >= 11 is 0. The zero-order valence-electron chi connectivity index (χ0n) is 27.7. The van der Waals surface area contributed by atoms with Gasteiger partial charge in [0.05, 0.1) is 6.61 Å². The second-order valence-electron chi connectivity index (χ2n) is 11.2. The summed E-state index contributed by atoms with van der Waals surface area (Å²) in [7, 11) is 0. The lowest BCUT2D eigenvalue weighted by molar-refractivity contribution is -0.161. The van der Waals surface area contributed by atoms with Gasteiger partial charge in [0, 0.05) is 12.8 Å². The molecule has 0 aromatic heterocycles. The maximum Gasteiger partial charge on any atom is 0.306 e. The van der Waals surface area contributed by atoms with Gasteiger partial charge in [-0.25, -0.2) is 0 Å². The second kappa shape index (κ2) is 34.1. The van der Waals surface area contributed by atoms with E-state index in [4.69, 9.17) is 9.47 Å². The Labute approximate surface area is 264 Å². The Hall–Kier alpha value is -2.40. The molecule has 0 bridgehead atoms. The van der Waals surface area contributed by atoms with Crippen LogP contribution in [0.4, 0.5) is 0 Å². The monoisotopic (exact) mass is 600 g/mol. The average molecular weight is 601 g/mol. The van der Waals surface area contributed by atoms with Crippen molar-refractivity contribution in [2.75, 3.05) is 13.2 Å². The molecule has 1 atom stereocenters. The standard InChI is InChI=1S/C38H64O5/c1-3-5-7-9-11-13-15-17-19-21-23-25-27-29-31-33-38(41)43-36(34-39)35-42-37(40)32-30-28-26-24-22-20-18-16-14-12-10-8-6-4-2/h5,7,11,13,16-19,23,25,36,39H,3-4,6,8-10,12,14-15,20-22,24,26-35H2,1-2H3/b7-5+,13-11+,18-16+,19-17+,25-23+/t36-/m0/s1. The first-order valence-electron chi connectivity index (χ1n) is 17.3. The third-order valence-electron chi connectivity index (χ3n) is 7.05. The summed E-state index contributed by atoms with van der Waals surface area (Å²) in [6, 6.07) is 0. The van der Waals surface area contributed by atoms with E-state index in [1.807, 2.05) is 0 Å². The molecule has 0 heterocycles. The number of unbranched alkanes of at least 4 members (excludes halogenated alkanes) is 12. The molecule has 0 aromatic rings. The Bertz CT molecular complexity index is 777. The molecule has 0 amide bonds. The molecule has 0 aliphatic carbocycles. The van der Waals surface area contributed by atoms with Gasteiger partial charge in [-0.1, -0.05) is 120 Å². The summed E-state index contributed by atoms with van der Waals surface area (Å²) in [4.78, 5) is 24.1. The Morgan fingerprint density at radius 3 is 1.58 bits per heavy atom. The maximum atomic E-state index is 12.1. The molecule has 5 nitrogen and oxygen atoms in total. The van der Waals surface area contributed by atoms with Gasteiger partial charge < -0.3 is 14.6 Å². The fraction of sp³-hybridized carbons (Fsp3) is 0.684. The highest BCUT2D eigenvalue weighted by Gasteiger charge is 2.16. The quantitative estimate of drug-likeness (QED) is 0.0504. The highest BCUT2D eigenvalue weighted by molar-refractivity contribution is 5.70. The molecule has 0 aromatic carbocycles. The lowest BCUT2D eigenvalue weighted by atomic mass is 10.1. The normalized spacial score (nSPS) is 12.9. The first kappa shape index (κ1) is 40.6. The number of aliphatic hydroxyl groups is 1. The molecule has 0 aliphatic rings. The minimum atomic E-state index is -0.796. The Kier molecular flexibility index (Phi) is 32.2. The van der Waals surface area contributed by atoms with Gasteiger partial charge in [-0.15, -0.1) is 0 Å². The van der Waals surface area contributed by atoms with Crippen LogP contribution in [0.2, 0.25) is 0 Å². The Morgan fingerprint density at radius 2 is 1.00 bits per heavy atom. The van der Waals surface area contributed by atoms with Crippen LogP contribution in [0.15, 0.2) is 60.8 Å². The molecule has 0 saturated heterocycles. The van der Waals surface area contributed by atoms with Gasteiger partial charge in [-0.2, -0.15) is 0 Å². The highest BCUT2D eigenvalue weighted by Crippen LogP contribution is 2.10. The van der Waals surface area contributed by atoms with Gasteiger partial charge in [0.2, 0.25) is 0 Å². The van der Waals surface area contributed by atoms with Crippen LogP contribution < -0.4 is 0 Å². The van der Waals surface area contributed by atoms with Crippen molar-refractivity contribution in [3.8, 4) is 0 Å². The molecule has 1 N–H and O–H groups in total. The van der Waals surface area contributed by atoms with Crippen LogP contribution in [0.5, 0.6) is 0 Å². The Balaban J connectivity index is 3.69. The van der Waals surface area contributed by atoms with E-state index in [9.17, 15) is 14.7 Å². The number of hydrogen-bond donors (Lipinski definition) is 1. The summed E-state index contributed by atoms with van der Waals surface area (Å²) in [6.45, 7) is 3.95. The molecule has 0 rings (SSSR count). The fourth-order valence-corrected chi connectivity index (χ4v) is 4.42. The third-order valence-corrected chi connectivity index (χ3v) is 7.05. The topological polar surface area (TPSA) is 72.8 Å². The van der Waals surface area contributed by atoms with Crippen LogP contribution in [0.3, 0.4) is 0 Å². The van der Waals surface area contributed by atoms with Crippen molar-refractivity contribution < 1.29 is 24.2 Å². The highest BCUT2D eigenvalue weighted by atomic mass is 16.6. The van der Waals surface area contributed by atoms with Crippen LogP contribution in [0.25, 0.3) is 0 Å². The van der Waals surface area contributed by atoms with E-state index in [0.717, 1.165) is 70.6 Å². The fourth-order valence-electron chi connectivity index (χ4n) is 4.42. The summed E-state index contributed by atoms with van der Waals surface area (Å²) < 4.78 is 10.5. The number of ether oxygens (including phenoxy) is 2. The van der Waals surface area contributed by atoms with E-state index in [2.05, 4.69) is 74.6 Å². The summed E-state index contributed by atoms with van der Waals surface area (Å²) in [5.41, 5.74) is 0. The number of rotatable bonds is 30. The zero-order chi connectivity index (χ0) is 31.5. The van der Waals surface area contributed by atoms with Crippen molar-refractivity contribution >= 4 is 11.9 Å². The van der Waals surface area contributed by atoms with Gasteiger partial charge in [0.1, 0.15) is 6.61 Å². The predicted octanol–water partition coefficient (Wildman–Crippen LogP) is 10.4. The van der Waals surface area contributed by atoms with E-state index in [0.29, 0.717) is 12.8 Å². The van der Waals surface area contributed by atoms with Gasteiger partial charge in [0.25, 0.3) is 0 Å². The minimum Gasteiger partial charge on any atom is -0.462 e. The summed E-state index contributed by atoms with van der Waals surface area (Å²) in [5, 5.41) is 9.51. The maximum absolute atomic E-state index is 12.1. The first-order valence-corrected chi connectivity index (χ1v) is 17.3. The van der Waals surface area contributed by atoms with E-state index in [-0.39, 0.29) is 25.2 Å². The molecule has 0 aliphatic heterocycles. The molecule has 0 spiro atoms. The van der Waals surface area contributed by atoms with E-state index < -0.39 is 6.10 Å². The SMILES string of the molecule is CC/C=C/C/C=C/C/C=C/C/C=C/CCCCC(=O)O[C@@H](CO)COC(=O)CCCCCCC/C=C/CCCCCCC. The Morgan fingerprint density at radius 1 is 0.558 bits per heavy atom. The molecule has 0 radical (unpaired) electrons. The van der Waals surface area contributed by atoms with Gasteiger partial charge in [0.15, 0.2) is 6.10 Å². The van der Waals surface area contributed by atoms with Crippen LogP contribution in [0.1, 0.15) is 149 Å². The molecular formula is C38H64O5. The predicted molar refractivity (Wildman–Crippen MR) is 182 cm³/mol. The smallest absolute Gasteiger partial charge is 0.306 e. The van der Waals surface area contributed by atoms with Gasteiger partial charge in [-0.3, -0.25) is 9.59 Å². The second-order valence-corrected chi connectivity index (χ2v) is 11.2. The molecule has 0 unspecified atom stereocenters. The summed E-state index contributed by atoms with van der Waals surface area (Å²) in [5.74, 6) is -0.656. The molecule has 5 heteroatoms. The van der Waals surface area contributed by atoms with E-state index in [1.54, 1.807) is 0 Å². The average Bonchev–Trinajstić information content (AvgIpc) is 3.01. The van der Waals surface area contributed by atoms with Crippen molar-refractivity contribution in [3.63, 3.8) is 0 Å². The molecule has 0 saturated carbocycles. The number of aliphatic hydroxyl groups excluding tert-OH is 1. The van der Waals surface area contributed by atoms with Crippen LogP contribution >= 0.6 is 0 Å². The van der Waals surface area contributed by atoms with Crippen molar-refractivity contribution in [1.29, 1.82) is 0 Å². The van der Waals surface area contributed by atoms with E-state index >= 15 is 0 Å². The molecule has 0 fully saturated rings. The number of esters is 2. The number of carbonyl (C=O) groups is 2. The molecule has 43 heavy (non-hydrogen) atoms. The van der Waals surface area contributed by atoms with Crippen molar-refractivity contribution in [2.24, 2.45) is 0 Å². The van der Waals surface area contributed by atoms with Crippen LogP contribution in [-0.4, -0.2) is 36.4 Å².